The van der Waals surface area contributed by atoms with Gasteiger partial charge in [-0.1, -0.05) is 12.1 Å². The molecular formula is C13H14N5O3P. The zero-order chi connectivity index (χ0) is 16.2. The lowest BCUT2D eigenvalue weighted by atomic mass is 10.1. The lowest BCUT2D eigenvalue weighted by Gasteiger charge is -2.12. The van der Waals surface area contributed by atoms with E-state index in [1.165, 1.54) is 6.92 Å². The standard InChI is InChI=1S/C13H14N5O3P/c1-9(6-14)17-13(22(19,20)21)18-11-4-2-10(3-5-11)12-7-15-8-16-12/h2-5,7-9H,1H3,(H,15,16)(H,17,18)(H2,19,20,21). The smallest absolute Gasteiger partial charge is 0.345 e. The average molecular weight is 319 g/mol. The number of rotatable bonds is 4. The maximum atomic E-state index is 11.4. The van der Waals surface area contributed by atoms with Crippen molar-refractivity contribution in [2.75, 3.05) is 5.32 Å². The lowest BCUT2D eigenvalue weighted by Crippen LogP contribution is -2.15. The van der Waals surface area contributed by atoms with Crippen molar-refractivity contribution in [2.45, 2.75) is 13.0 Å². The van der Waals surface area contributed by atoms with E-state index in [1.807, 2.05) is 0 Å². The van der Waals surface area contributed by atoms with Crippen molar-refractivity contribution < 1.29 is 14.4 Å². The second-order valence-electron chi connectivity index (χ2n) is 4.47. The maximum Gasteiger partial charge on any atom is 0.390 e. The molecule has 0 radical (unpaired) electrons. The Kier molecular flexibility index (Phi) is 4.73. The fourth-order valence-corrected chi connectivity index (χ4v) is 2.27. The zero-order valence-electron chi connectivity index (χ0n) is 11.6. The molecular weight excluding hydrogens is 305 g/mol. The Morgan fingerprint density at radius 2 is 2.14 bits per heavy atom. The number of amidine groups is 1. The number of nitrogens with one attached hydrogen (secondary N) is 2. The van der Waals surface area contributed by atoms with E-state index in [2.05, 4.69) is 20.3 Å². The molecule has 0 saturated heterocycles. The highest BCUT2D eigenvalue weighted by atomic mass is 31.2. The molecule has 2 aromatic rings. The Bertz CT molecular complexity index is 743. The molecule has 0 spiro atoms. The summed E-state index contributed by atoms with van der Waals surface area (Å²) in [5, 5.41) is 11.3. The van der Waals surface area contributed by atoms with Crippen molar-refractivity contribution in [3.8, 4) is 17.3 Å². The van der Waals surface area contributed by atoms with Crippen LogP contribution in [0.3, 0.4) is 0 Å². The second-order valence-corrected chi connectivity index (χ2v) is 5.98. The minimum absolute atomic E-state index is 0.454. The van der Waals surface area contributed by atoms with Crippen molar-refractivity contribution in [3.05, 3.63) is 36.8 Å². The highest BCUT2D eigenvalue weighted by Crippen LogP contribution is 2.37. The Balaban J connectivity index is 2.23. The van der Waals surface area contributed by atoms with Crippen molar-refractivity contribution in [1.82, 2.24) is 9.97 Å². The van der Waals surface area contributed by atoms with Crippen LogP contribution in [0.25, 0.3) is 11.3 Å². The third kappa shape index (κ3) is 4.02. The predicted octanol–water partition coefficient (Wildman–Crippen LogP) is 1.93. The molecule has 2 rings (SSSR count). The van der Waals surface area contributed by atoms with Crippen molar-refractivity contribution >= 4 is 18.9 Å². The molecule has 1 aromatic heterocycles. The quantitative estimate of drug-likeness (QED) is 0.386. The van der Waals surface area contributed by atoms with Crippen LogP contribution in [0, 0.1) is 11.3 Å². The van der Waals surface area contributed by atoms with Crippen LogP contribution in [0.15, 0.2) is 41.8 Å². The molecule has 9 heteroatoms. The Morgan fingerprint density at radius 3 is 2.64 bits per heavy atom. The summed E-state index contributed by atoms with van der Waals surface area (Å²) in [6.45, 7) is 1.44. The van der Waals surface area contributed by atoms with Gasteiger partial charge in [0.15, 0.2) is 0 Å². The number of H-pyrrole nitrogens is 1. The normalized spacial score (nSPS) is 13.5. The van der Waals surface area contributed by atoms with E-state index in [4.69, 9.17) is 5.26 Å². The third-order valence-electron chi connectivity index (χ3n) is 2.73. The first-order chi connectivity index (χ1) is 10.4. The van der Waals surface area contributed by atoms with Crippen LogP contribution in [0.5, 0.6) is 0 Å². The molecule has 0 bridgehead atoms. The van der Waals surface area contributed by atoms with Crippen LogP contribution in [0.4, 0.5) is 5.69 Å². The highest BCUT2D eigenvalue weighted by molar-refractivity contribution is 7.70. The summed E-state index contributed by atoms with van der Waals surface area (Å²) in [7, 11) is -4.60. The molecule has 0 fully saturated rings. The Morgan fingerprint density at radius 1 is 1.45 bits per heavy atom. The molecule has 0 aliphatic carbocycles. The molecule has 114 valence electrons. The van der Waals surface area contributed by atoms with Gasteiger partial charge in [-0.3, -0.25) is 4.57 Å². The summed E-state index contributed by atoms with van der Waals surface area (Å²) < 4.78 is 11.4. The SMILES string of the molecule is CC(C#N)N=C(Nc1ccc(-c2cnc[nH]2)cc1)P(=O)(O)O. The molecule has 22 heavy (non-hydrogen) atoms. The highest BCUT2D eigenvalue weighted by Gasteiger charge is 2.24. The van der Waals surface area contributed by atoms with Gasteiger partial charge >= 0.3 is 7.60 Å². The van der Waals surface area contributed by atoms with Gasteiger partial charge in [-0.05, 0) is 24.6 Å². The number of nitrogens with zero attached hydrogens (tertiary/aromatic N) is 3. The number of imidazole rings is 1. The summed E-state index contributed by atoms with van der Waals surface area (Å²) in [4.78, 5) is 29.1. The monoisotopic (exact) mass is 319 g/mol. The molecule has 1 aromatic carbocycles. The topological polar surface area (TPSA) is 134 Å². The van der Waals surface area contributed by atoms with Crippen LogP contribution >= 0.6 is 7.60 Å². The molecule has 0 aliphatic heterocycles. The maximum absolute atomic E-state index is 11.4. The van der Waals surface area contributed by atoms with Crippen LogP contribution in [-0.2, 0) is 4.57 Å². The summed E-state index contributed by atoms with van der Waals surface area (Å²) in [6.07, 6.45) is 3.23. The number of hydrogen-bond acceptors (Lipinski definition) is 4. The molecule has 4 N–H and O–H groups in total. The Labute approximate surface area is 126 Å². The molecule has 1 heterocycles. The first-order valence-corrected chi connectivity index (χ1v) is 7.91. The van der Waals surface area contributed by atoms with Gasteiger partial charge in [0.2, 0.25) is 5.58 Å². The molecule has 1 unspecified atom stereocenters. The van der Waals surface area contributed by atoms with Gasteiger partial charge in [-0.25, -0.2) is 9.98 Å². The van der Waals surface area contributed by atoms with E-state index in [0.29, 0.717) is 5.69 Å². The average Bonchev–Trinajstić information content (AvgIpc) is 3.00. The first kappa shape index (κ1) is 15.9. The minimum Gasteiger partial charge on any atom is -0.345 e. The van der Waals surface area contributed by atoms with Gasteiger partial charge in [-0.15, -0.1) is 0 Å². The predicted molar refractivity (Wildman–Crippen MR) is 82.2 cm³/mol. The first-order valence-electron chi connectivity index (χ1n) is 6.29. The number of aromatic nitrogens is 2. The lowest BCUT2D eigenvalue weighted by molar-refractivity contribution is 0.390. The number of hydrogen-bond donors (Lipinski definition) is 4. The van der Waals surface area contributed by atoms with E-state index < -0.39 is 19.2 Å². The zero-order valence-corrected chi connectivity index (χ0v) is 12.5. The fourth-order valence-electron chi connectivity index (χ4n) is 1.67. The minimum atomic E-state index is -4.60. The van der Waals surface area contributed by atoms with Gasteiger partial charge in [0.25, 0.3) is 0 Å². The fraction of sp³-hybridized carbons (Fsp3) is 0.154. The van der Waals surface area contributed by atoms with Crippen molar-refractivity contribution in [2.24, 2.45) is 4.99 Å². The van der Waals surface area contributed by atoms with Crippen LogP contribution in [0.1, 0.15) is 6.92 Å². The van der Waals surface area contributed by atoms with Gasteiger partial charge < -0.3 is 20.1 Å². The van der Waals surface area contributed by atoms with Gasteiger partial charge in [-0.2, -0.15) is 5.26 Å². The van der Waals surface area contributed by atoms with Gasteiger partial charge in [0, 0.05) is 5.69 Å². The van der Waals surface area contributed by atoms with E-state index in [9.17, 15) is 14.4 Å². The van der Waals surface area contributed by atoms with Crippen LogP contribution < -0.4 is 5.32 Å². The molecule has 0 amide bonds. The number of aromatic amines is 1. The summed E-state index contributed by atoms with van der Waals surface area (Å²) >= 11 is 0. The Hall–Kier alpha value is -2.46. The number of aliphatic imine (C=N–C) groups is 1. The van der Waals surface area contributed by atoms with Gasteiger partial charge in [0.05, 0.1) is 24.3 Å². The second kappa shape index (κ2) is 6.54. The number of nitriles is 1. The molecule has 0 saturated carbocycles. The van der Waals surface area contributed by atoms with Crippen LogP contribution in [-0.4, -0.2) is 31.4 Å². The van der Waals surface area contributed by atoms with E-state index in [1.54, 1.807) is 42.9 Å². The number of anilines is 1. The van der Waals surface area contributed by atoms with Crippen molar-refractivity contribution in [1.29, 1.82) is 5.26 Å². The largest absolute Gasteiger partial charge is 0.390 e. The third-order valence-corrected chi connectivity index (χ3v) is 3.51. The summed E-state index contributed by atoms with van der Waals surface area (Å²) in [5.74, 6) is 0. The van der Waals surface area contributed by atoms with Crippen LogP contribution in [0.2, 0.25) is 0 Å². The summed E-state index contributed by atoms with van der Waals surface area (Å²) in [5.41, 5.74) is 1.63. The van der Waals surface area contributed by atoms with E-state index >= 15 is 0 Å². The van der Waals surface area contributed by atoms with E-state index in [0.717, 1.165) is 11.3 Å². The molecule has 8 nitrogen and oxygen atoms in total. The van der Waals surface area contributed by atoms with Gasteiger partial charge in [0.1, 0.15) is 6.04 Å². The number of benzene rings is 1. The summed E-state index contributed by atoms with van der Waals surface area (Å²) in [6, 6.07) is 7.77. The van der Waals surface area contributed by atoms with Crippen molar-refractivity contribution in [3.63, 3.8) is 0 Å². The molecule has 1 atom stereocenters. The van der Waals surface area contributed by atoms with E-state index in [-0.39, 0.29) is 0 Å². The molecule has 0 aliphatic rings.